The van der Waals surface area contributed by atoms with E-state index < -0.39 is 21.7 Å². The summed E-state index contributed by atoms with van der Waals surface area (Å²) in [6.07, 6.45) is 1.26. The van der Waals surface area contributed by atoms with Crippen molar-refractivity contribution in [2.75, 3.05) is 0 Å². The Morgan fingerprint density at radius 3 is 2.39 bits per heavy atom. The number of benzene rings is 1. The van der Waals surface area contributed by atoms with Crippen molar-refractivity contribution in [1.82, 2.24) is 9.88 Å². The highest BCUT2D eigenvalue weighted by Gasteiger charge is 2.19. The van der Waals surface area contributed by atoms with Gasteiger partial charge in [0.2, 0.25) is 10.0 Å². The van der Waals surface area contributed by atoms with Crippen LogP contribution in [0.25, 0.3) is 0 Å². The molecule has 0 aliphatic carbocycles. The first-order valence-corrected chi connectivity index (χ1v) is 8.53. The number of nitrogens with zero attached hydrogens (tertiary/aromatic N) is 1. The molecular weight excluding hydrogens is 320 g/mol. The molecule has 0 bridgehead atoms. The quantitative estimate of drug-likeness (QED) is 0.896. The van der Waals surface area contributed by atoms with Crippen LogP contribution in [-0.4, -0.2) is 25.1 Å². The average molecular weight is 338 g/mol. The normalized spacial score (nSPS) is 12.0. The zero-order valence-electron chi connectivity index (χ0n) is 13.1. The van der Waals surface area contributed by atoms with Gasteiger partial charge in [0, 0.05) is 11.6 Å². The second-order valence-electron chi connectivity index (χ2n) is 5.92. The van der Waals surface area contributed by atoms with Crippen molar-refractivity contribution < 1.29 is 22.5 Å². The van der Waals surface area contributed by atoms with Gasteiger partial charge in [-0.3, -0.25) is 4.79 Å². The minimum Gasteiger partial charge on any atom is -0.488 e. The maximum Gasteiger partial charge on any atom is 0.264 e. The molecule has 1 heterocycles. The molecule has 124 valence electrons. The van der Waals surface area contributed by atoms with Crippen LogP contribution in [-0.2, 0) is 15.8 Å². The van der Waals surface area contributed by atoms with Gasteiger partial charge in [0.1, 0.15) is 29.1 Å². The summed E-state index contributed by atoms with van der Waals surface area (Å²) >= 11 is 0. The van der Waals surface area contributed by atoms with Crippen LogP contribution in [0.1, 0.15) is 36.8 Å². The van der Waals surface area contributed by atoms with E-state index in [9.17, 15) is 13.2 Å². The number of sulfonamides is 1. The lowest BCUT2D eigenvalue weighted by molar-refractivity contribution is 0.0981. The first-order valence-electron chi connectivity index (χ1n) is 6.88. The van der Waals surface area contributed by atoms with Gasteiger partial charge in [-0.15, -0.1) is 0 Å². The molecule has 0 radical (unpaired) electrons. The van der Waals surface area contributed by atoms with Crippen LogP contribution in [0.4, 0.5) is 0 Å². The molecule has 1 aromatic carbocycles. The Balaban J connectivity index is 2.03. The number of hydrogen-bond donors (Lipinski definition) is 1. The molecule has 0 fully saturated rings. The third-order valence-electron chi connectivity index (χ3n) is 2.62. The van der Waals surface area contributed by atoms with Gasteiger partial charge >= 0.3 is 0 Å². The van der Waals surface area contributed by atoms with Crippen LogP contribution in [0, 0.1) is 0 Å². The van der Waals surface area contributed by atoms with Crippen LogP contribution < -0.4 is 9.46 Å². The van der Waals surface area contributed by atoms with Gasteiger partial charge in [0.15, 0.2) is 0 Å². The largest absolute Gasteiger partial charge is 0.488 e. The summed E-state index contributed by atoms with van der Waals surface area (Å²) in [6, 6.07) is 7.65. The zero-order valence-corrected chi connectivity index (χ0v) is 13.9. The van der Waals surface area contributed by atoms with Crippen molar-refractivity contribution in [1.29, 1.82) is 0 Å². The zero-order chi connectivity index (χ0) is 17.1. The number of rotatable bonds is 5. The summed E-state index contributed by atoms with van der Waals surface area (Å²) in [5.74, 6) is -0.546. The standard InChI is InChI=1S/C15H18N2O5S/c1-15(2,3)22-13-6-4-11(5-7-13)14(18)17-23(19,20)10-12-8-9-21-16-12/h4-9H,10H2,1-3H3,(H,17,18). The van der Waals surface area contributed by atoms with E-state index in [2.05, 4.69) is 9.68 Å². The Kier molecular flexibility index (Phi) is 4.74. The molecule has 1 amide bonds. The van der Waals surface area contributed by atoms with Gasteiger partial charge in [0.05, 0.1) is 0 Å². The maximum absolute atomic E-state index is 12.0. The van der Waals surface area contributed by atoms with E-state index in [0.717, 1.165) is 0 Å². The Bertz CT molecular complexity index is 759. The molecule has 23 heavy (non-hydrogen) atoms. The highest BCUT2D eigenvalue weighted by Crippen LogP contribution is 2.18. The second-order valence-corrected chi connectivity index (χ2v) is 7.64. The fourth-order valence-corrected chi connectivity index (χ4v) is 2.78. The Morgan fingerprint density at radius 2 is 1.87 bits per heavy atom. The summed E-state index contributed by atoms with van der Waals surface area (Å²) in [4.78, 5) is 12.0. The van der Waals surface area contributed by atoms with E-state index in [0.29, 0.717) is 5.75 Å². The molecule has 0 saturated heterocycles. The van der Waals surface area contributed by atoms with Crippen molar-refractivity contribution in [2.45, 2.75) is 32.1 Å². The molecule has 2 aromatic rings. The molecule has 0 aliphatic heterocycles. The minimum absolute atomic E-state index is 0.218. The fraction of sp³-hybridized carbons (Fsp3) is 0.333. The number of ether oxygens (including phenoxy) is 1. The van der Waals surface area contributed by atoms with Gasteiger partial charge in [0.25, 0.3) is 5.91 Å². The van der Waals surface area contributed by atoms with E-state index in [1.54, 1.807) is 12.1 Å². The summed E-state index contributed by atoms with van der Waals surface area (Å²) in [5, 5.41) is 3.51. The summed E-state index contributed by atoms with van der Waals surface area (Å²) < 4.78 is 36.0. The van der Waals surface area contributed by atoms with E-state index in [1.165, 1.54) is 24.5 Å². The van der Waals surface area contributed by atoms with E-state index in [1.807, 2.05) is 25.5 Å². The molecule has 0 aliphatic rings. The Hall–Kier alpha value is -2.35. The third-order valence-corrected chi connectivity index (χ3v) is 3.79. The van der Waals surface area contributed by atoms with Crippen LogP contribution in [0.2, 0.25) is 0 Å². The highest BCUT2D eigenvalue weighted by molar-refractivity contribution is 7.89. The van der Waals surface area contributed by atoms with E-state index in [-0.39, 0.29) is 16.9 Å². The molecule has 8 heteroatoms. The first-order chi connectivity index (χ1) is 10.6. The van der Waals surface area contributed by atoms with Gasteiger partial charge in [-0.2, -0.15) is 0 Å². The molecule has 1 aromatic heterocycles. The third kappa shape index (κ3) is 5.41. The predicted octanol–water partition coefficient (Wildman–Crippen LogP) is 2.11. The van der Waals surface area contributed by atoms with Crippen molar-refractivity contribution in [2.24, 2.45) is 0 Å². The lowest BCUT2D eigenvalue weighted by Crippen LogP contribution is -2.31. The lowest BCUT2D eigenvalue weighted by atomic mass is 10.1. The van der Waals surface area contributed by atoms with Crippen LogP contribution in [0.5, 0.6) is 5.75 Å². The Labute approximate surface area is 134 Å². The number of carbonyl (C=O) groups excluding carboxylic acids is 1. The van der Waals surface area contributed by atoms with Crippen molar-refractivity contribution in [3.05, 3.63) is 47.9 Å². The summed E-state index contributed by atoms with van der Waals surface area (Å²) in [6.45, 7) is 5.72. The average Bonchev–Trinajstić information content (AvgIpc) is 2.89. The molecular formula is C15H18N2O5S. The SMILES string of the molecule is CC(C)(C)Oc1ccc(C(=O)NS(=O)(=O)Cc2ccon2)cc1. The fourth-order valence-electron chi connectivity index (χ4n) is 1.77. The Morgan fingerprint density at radius 1 is 1.22 bits per heavy atom. The smallest absolute Gasteiger partial charge is 0.264 e. The number of hydrogen-bond acceptors (Lipinski definition) is 6. The summed E-state index contributed by atoms with van der Waals surface area (Å²) in [7, 11) is -3.84. The molecule has 0 saturated carbocycles. The predicted molar refractivity (Wildman–Crippen MR) is 83.4 cm³/mol. The number of nitrogens with one attached hydrogen (secondary N) is 1. The number of amides is 1. The molecule has 2 rings (SSSR count). The highest BCUT2D eigenvalue weighted by atomic mass is 32.2. The maximum atomic E-state index is 12.0. The van der Waals surface area contributed by atoms with Gasteiger partial charge in [-0.05, 0) is 45.0 Å². The van der Waals surface area contributed by atoms with Gasteiger partial charge in [-0.25, -0.2) is 13.1 Å². The van der Waals surface area contributed by atoms with Gasteiger partial charge in [-0.1, -0.05) is 5.16 Å². The van der Waals surface area contributed by atoms with Crippen LogP contribution in [0.3, 0.4) is 0 Å². The minimum atomic E-state index is -3.84. The van der Waals surface area contributed by atoms with E-state index in [4.69, 9.17) is 4.74 Å². The lowest BCUT2D eigenvalue weighted by Gasteiger charge is -2.21. The number of aromatic nitrogens is 1. The first kappa shape index (κ1) is 17.0. The molecule has 1 N–H and O–H groups in total. The van der Waals surface area contributed by atoms with Gasteiger partial charge < -0.3 is 9.26 Å². The van der Waals surface area contributed by atoms with Crippen molar-refractivity contribution in [3.63, 3.8) is 0 Å². The van der Waals surface area contributed by atoms with Crippen LogP contribution in [0.15, 0.2) is 41.1 Å². The molecule has 0 spiro atoms. The second kappa shape index (κ2) is 6.41. The van der Waals surface area contributed by atoms with Crippen LogP contribution >= 0.6 is 0 Å². The molecule has 0 atom stereocenters. The van der Waals surface area contributed by atoms with Crippen molar-refractivity contribution in [3.8, 4) is 5.75 Å². The van der Waals surface area contributed by atoms with Crippen molar-refractivity contribution >= 4 is 15.9 Å². The molecule has 0 unspecified atom stereocenters. The molecule has 7 nitrogen and oxygen atoms in total. The monoisotopic (exact) mass is 338 g/mol. The summed E-state index contributed by atoms with van der Waals surface area (Å²) in [5.41, 5.74) is 0.0826. The topological polar surface area (TPSA) is 98.5 Å². The van der Waals surface area contributed by atoms with E-state index >= 15 is 0 Å². The number of carbonyl (C=O) groups is 1.